The van der Waals surface area contributed by atoms with Gasteiger partial charge in [-0.15, -0.1) is 0 Å². The van der Waals surface area contributed by atoms with Crippen LogP contribution in [0.15, 0.2) is 48.8 Å². The Labute approximate surface area is 229 Å². The van der Waals surface area contributed by atoms with Crippen molar-refractivity contribution >= 4 is 17.6 Å². The molecular weight excluding hydrogens is 498 g/mol. The van der Waals surface area contributed by atoms with Crippen molar-refractivity contribution in [3.05, 3.63) is 60.0 Å². The van der Waals surface area contributed by atoms with E-state index in [2.05, 4.69) is 42.6 Å². The first kappa shape index (κ1) is 28.0. The van der Waals surface area contributed by atoms with E-state index in [1.807, 2.05) is 18.2 Å². The normalized spacial score (nSPS) is 13.3. The molecule has 0 saturated carbocycles. The number of rotatable bonds is 16. The molecule has 11 nitrogen and oxygen atoms in total. The summed E-state index contributed by atoms with van der Waals surface area (Å²) in [6.45, 7) is 3.51. The van der Waals surface area contributed by atoms with Crippen molar-refractivity contribution in [3.8, 4) is 11.9 Å². The van der Waals surface area contributed by atoms with E-state index < -0.39 is 12.0 Å². The second-order valence-corrected chi connectivity index (χ2v) is 9.41. The minimum absolute atomic E-state index is 0.182. The van der Waals surface area contributed by atoms with Gasteiger partial charge in [-0.05, 0) is 68.8 Å². The Morgan fingerprint density at radius 1 is 1.10 bits per heavy atom. The highest BCUT2D eigenvalue weighted by molar-refractivity contribution is 5.76. The van der Waals surface area contributed by atoms with Gasteiger partial charge in [0.1, 0.15) is 24.3 Å². The number of methoxy groups -OCH3 is 1. The summed E-state index contributed by atoms with van der Waals surface area (Å²) in [7, 11) is 1.47. The number of hydrogen-bond acceptors (Lipinski definition) is 10. The summed E-state index contributed by atoms with van der Waals surface area (Å²) in [6, 6.07) is 10.9. The quantitative estimate of drug-likeness (QED) is 0.233. The van der Waals surface area contributed by atoms with Gasteiger partial charge in [0.2, 0.25) is 5.88 Å². The zero-order valence-corrected chi connectivity index (χ0v) is 22.4. The topological polar surface area (TPSA) is 135 Å². The van der Waals surface area contributed by atoms with Crippen LogP contribution < -0.4 is 20.1 Å². The molecule has 0 aliphatic carbocycles. The zero-order chi connectivity index (χ0) is 27.3. The predicted molar refractivity (Wildman–Crippen MR) is 148 cm³/mol. The Kier molecular flexibility index (Phi) is 10.6. The van der Waals surface area contributed by atoms with Crippen LogP contribution in [0.1, 0.15) is 36.9 Å². The van der Waals surface area contributed by atoms with E-state index >= 15 is 0 Å². The maximum Gasteiger partial charge on any atom is 0.326 e. The van der Waals surface area contributed by atoms with Gasteiger partial charge in [-0.25, -0.2) is 19.7 Å². The summed E-state index contributed by atoms with van der Waals surface area (Å²) < 4.78 is 10.9. The van der Waals surface area contributed by atoms with Gasteiger partial charge in [-0.2, -0.15) is 4.98 Å². The van der Waals surface area contributed by atoms with E-state index in [9.17, 15) is 9.90 Å². The number of aromatic nitrogens is 4. The fourth-order valence-electron chi connectivity index (χ4n) is 4.46. The molecule has 0 unspecified atom stereocenters. The van der Waals surface area contributed by atoms with Crippen LogP contribution in [0.4, 0.5) is 11.6 Å². The van der Waals surface area contributed by atoms with E-state index in [0.717, 1.165) is 56.7 Å². The monoisotopic (exact) mass is 535 g/mol. The summed E-state index contributed by atoms with van der Waals surface area (Å²) in [4.78, 5) is 31.4. The minimum atomic E-state index is -0.940. The number of anilines is 2. The largest absolute Gasteiger partial charge is 0.480 e. The molecule has 1 aliphatic rings. The van der Waals surface area contributed by atoms with Gasteiger partial charge in [-0.1, -0.05) is 12.1 Å². The highest BCUT2D eigenvalue weighted by Crippen LogP contribution is 2.20. The van der Waals surface area contributed by atoms with Crippen LogP contribution in [-0.2, 0) is 17.6 Å². The van der Waals surface area contributed by atoms with Crippen molar-refractivity contribution < 1.29 is 19.4 Å². The lowest BCUT2D eigenvalue weighted by Crippen LogP contribution is -2.37. The third-order valence-corrected chi connectivity index (χ3v) is 6.57. The Balaban J connectivity index is 1.30. The number of aliphatic carboxylic acids is 1. The summed E-state index contributed by atoms with van der Waals surface area (Å²) in [5, 5.41) is 16.2. The molecule has 0 fully saturated rings. The predicted octanol–water partition coefficient (Wildman–Crippen LogP) is 3.29. The first-order valence-electron chi connectivity index (χ1n) is 13.5. The molecule has 1 atom stereocenters. The maximum atomic E-state index is 12.0. The summed E-state index contributed by atoms with van der Waals surface area (Å²) in [5.41, 5.74) is 2.40. The second-order valence-electron chi connectivity index (χ2n) is 9.41. The second kappa shape index (κ2) is 14.8. The average molecular weight is 536 g/mol. The van der Waals surface area contributed by atoms with E-state index in [4.69, 9.17) is 14.5 Å². The van der Waals surface area contributed by atoms with Gasteiger partial charge in [0.15, 0.2) is 0 Å². The number of fused-ring (bicyclic) bond motifs is 1. The van der Waals surface area contributed by atoms with Crippen LogP contribution in [0, 0.1) is 0 Å². The third-order valence-electron chi connectivity index (χ3n) is 6.57. The summed E-state index contributed by atoms with van der Waals surface area (Å²) >= 11 is 0. The fraction of sp³-hybridized carbons (Fsp3) is 0.464. The average Bonchev–Trinajstić information content (AvgIpc) is 2.97. The van der Waals surface area contributed by atoms with Crippen molar-refractivity contribution in [3.63, 3.8) is 0 Å². The Morgan fingerprint density at radius 3 is 2.85 bits per heavy atom. The number of nitrogens with one attached hydrogen (secondary N) is 2. The number of pyridine rings is 2. The number of hydrogen-bond donors (Lipinski definition) is 3. The van der Waals surface area contributed by atoms with Crippen molar-refractivity contribution in [1.82, 2.24) is 24.8 Å². The van der Waals surface area contributed by atoms with Gasteiger partial charge in [-0.3, -0.25) is 4.90 Å². The van der Waals surface area contributed by atoms with Gasteiger partial charge in [0.05, 0.1) is 7.11 Å². The van der Waals surface area contributed by atoms with Crippen molar-refractivity contribution in [2.75, 3.05) is 50.5 Å². The summed E-state index contributed by atoms with van der Waals surface area (Å²) in [6.07, 6.45) is 8.71. The Morgan fingerprint density at radius 2 is 2.03 bits per heavy atom. The van der Waals surface area contributed by atoms with Gasteiger partial charge in [0.25, 0.3) is 0 Å². The van der Waals surface area contributed by atoms with Crippen LogP contribution in [0.2, 0.25) is 0 Å². The van der Waals surface area contributed by atoms with Gasteiger partial charge >= 0.3 is 12.0 Å². The third kappa shape index (κ3) is 9.06. The fourth-order valence-corrected chi connectivity index (χ4v) is 4.46. The number of ether oxygens (including phenoxy) is 2. The zero-order valence-electron chi connectivity index (χ0n) is 22.4. The molecule has 0 spiro atoms. The van der Waals surface area contributed by atoms with Crippen LogP contribution in [0.5, 0.6) is 11.9 Å². The molecular formula is C28H37N7O4. The van der Waals surface area contributed by atoms with Crippen LogP contribution in [-0.4, -0.2) is 81.8 Å². The lowest BCUT2D eigenvalue weighted by atomic mass is 10.1. The molecule has 0 aromatic carbocycles. The molecule has 0 bridgehead atoms. The van der Waals surface area contributed by atoms with Crippen LogP contribution in [0.3, 0.4) is 0 Å². The maximum absolute atomic E-state index is 12.0. The number of carbonyl (C=O) groups is 1. The molecule has 0 saturated heterocycles. The standard InChI is InChI=1S/C28H37N7O4/c1-38-28-31-16-12-24(34-28)33-23(27(36)37)13-18-35(19-20-39-25-9-2-4-14-29-25)17-5-3-8-22-11-10-21-7-6-15-30-26(21)32-22/h2,4,9-12,14,16,23H,3,5-8,13,15,17-20H2,1H3,(H,30,32)(H,36,37)(H,31,33,34)/t23-/m0/s1. The minimum Gasteiger partial charge on any atom is -0.480 e. The molecule has 3 aromatic rings. The number of aryl methyl sites for hydroxylation is 2. The van der Waals surface area contributed by atoms with Crippen LogP contribution in [0.25, 0.3) is 0 Å². The molecule has 0 amide bonds. The first-order chi connectivity index (χ1) is 19.1. The lowest BCUT2D eigenvalue weighted by molar-refractivity contribution is -0.138. The molecule has 4 heterocycles. The van der Waals surface area contributed by atoms with Gasteiger partial charge in [0, 0.05) is 43.8 Å². The molecule has 208 valence electrons. The van der Waals surface area contributed by atoms with E-state index in [1.54, 1.807) is 12.3 Å². The van der Waals surface area contributed by atoms with Crippen LogP contribution >= 0.6 is 0 Å². The lowest BCUT2D eigenvalue weighted by Gasteiger charge is -2.24. The molecule has 1 aliphatic heterocycles. The first-order valence-corrected chi connectivity index (χ1v) is 13.5. The van der Waals surface area contributed by atoms with Crippen molar-refractivity contribution in [1.29, 1.82) is 0 Å². The van der Waals surface area contributed by atoms with Crippen molar-refractivity contribution in [2.45, 2.75) is 44.6 Å². The number of unbranched alkanes of at least 4 members (excludes halogenated alkanes) is 1. The molecule has 3 N–H and O–H groups in total. The highest BCUT2D eigenvalue weighted by atomic mass is 16.5. The Bertz CT molecular complexity index is 1180. The van der Waals surface area contributed by atoms with Gasteiger partial charge < -0.3 is 25.2 Å². The Hall–Kier alpha value is -3.99. The number of carboxylic acids is 1. The van der Waals surface area contributed by atoms with E-state index in [0.29, 0.717) is 37.8 Å². The highest BCUT2D eigenvalue weighted by Gasteiger charge is 2.20. The molecule has 39 heavy (non-hydrogen) atoms. The molecule has 4 rings (SSSR count). The SMILES string of the molecule is COc1nccc(N[C@@H](CCN(CCCCc2ccc3c(n2)NCCC3)CCOc2ccccn2)C(=O)O)n1. The smallest absolute Gasteiger partial charge is 0.326 e. The van der Waals surface area contributed by atoms with E-state index in [1.165, 1.54) is 18.9 Å². The number of carboxylic acid groups (broad SMARTS) is 1. The molecule has 0 radical (unpaired) electrons. The molecule has 3 aromatic heterocycles. The number of nitrogens with zero attached hydrogens (tertiary/aromatic N) is 5. The molecule has 11 heteroatoms. The van der Waals surface area contributed by atoms with E-state index in [-0.39, 0.29) is 6.01 Å². The summed E-state index contributed by atoms with van der Waals surface area (Å²) in [5.74, 6) is 1.07. The van der Waals surface area contributed by atoms with Crippen molar-refractivity contribution in [2.24, 2.45) is 0 Å².